The second-order valence-electron chi connectivity index (χ2n) is 6.58. The van der Waals surface area contributed by atoms with Crippen LogP contribution in [0.5, 0.6) is 0 Å². The predicted octanol–water partition coefficient (Wildman–Crippen LogP) is 4.57. The minimum Gasteiger partial charge on any atom is -0.310 e. The van der Waals surface area contributed by atoms with E-state index in [1.807, 2.05) is 0 Å². The normalized spacial score (nSPS) is 24.6. The van der Waals surface area contributed by atoms with E-state index in [0.717, 1.165) is 24.1 Å². The van der Waals surface area contributed by atoms with Gasteiger partial charge in [-0.3, -0.25) is 4.98 Å². The third kappa shape index (κ3) is 3.82. The summed E-state index contributed by atoms with van der Waals surface area (Å²) in [5, 5.41) is 3.79. The van der Waals surface area contributed by atoms with E-state index in [9.17, 15) is 0 Å². The van der Waals surface area contributed by atoms with Gasteiger partial charge in [0.2, 0.25) is 0 Å². The molecule has 0 spiro atoms. The van der Waals surface area contributed by atoms with Crippen molar-refractivity contribution in [2.24, 2.45) is 11.8 Å². The van der Waals surface area contributed by atoms with Gasteiger partial charge >= 0.3 is 0 Å². The molecule has 1 aliphatic carbocycles. The lowest BCUT2D eigenvalue weighted by Crippen LogP contribution is -2.32. The SMILES string of the molecule is CCCNC(c1ccc(C)nc1C)C1CCC(C)CC1. The van der Waals surface area contributed by atoms with Crippen LogP contribution in [0, 0.1) is 25.7 Å². The Kier molecular flexibility index (Phi) is 5.59. The first-order valence-electron chi connectivity index (χ1n) is 8.29. The number of pyridine rings is 1. The van der Waals surface area contributed by atoms with Crippen LogP contribution in [0.25, 0.3) is 0 Å². The zero-order valence-corrected chi connectivity index (χ0v) is 13.6. The Morgan fingerprint density at radius 1 is 1.20 bits per heavy atom. The van der Waals surface area contributed by atoms with E-state index in [4.69, 9.17) is 0 Å². The number of hydrogen-bond acceptors (Lipinski definition) is 2. The first-order chi connectivity index (χ1) is 9.61. The molecule has 0 aromatic carbocycles. The summed E-state index contributed by atoms with van der Waals surface area (Å²) in [6.07, 6.45) is 6.67. The summed E-state index contributed by atoms with van der Waals surface area (Å²) in [6.45, 7) is 9.97. The molecule has 112 valence electrons. The lowest BCUT2D eigenvalue weighted by Gasteiger charge is -2.34. The van der Waals surface area contributed by atoms with Gasteiger partial charge in [-0.25, -0.2) is 0 Å². The fourth-order valence-electron chi connectivity index (χ4n) is 3.48. The molecule has 1 atom stereocenters. The Hall–Kier alpha value is -0.890. The minimum atomic E-state index is 0.496. The Morgan fingerprint density at radius 3 is 2.50 bits per heavy atom. The number of aromatic nitrogens is 1. The van der Waals surface area contributed by atoms with E-state index in [1.54, 1.807) is 0 Å². The lowest BCUT2D eigenvalue weighted by atomic mass is 9.77. The van der Waals surface area contributed by atoms with Gasteiger partial charge < -0.3 is 5.32 Å². The molecule has 0 bridgehead atoms. The molecule has 1 saturated carbocycles. The van der Waals surface area contributed by atoms with Crippen LogP contribution in [0.15, 0.2) is 12.1 Å². The second kappa shape index (κ2) is 7.21. The van der Waals surface area contributed by atoms with E-state index >= 15 is 0 Å². The van der Waals surface area contributed by atoms with Crippen LogP contribution in [0.3, 0.4) is 0 Å². The molecule has 0 radical (unpaired) electrons. The van der Waals surface area contributed by atoms with Gasteiger partial charge in [0, 0.05) is 17.4 Å². The molecular formula is C18H30N2. The molecule has 1 aromatic heterocycles. The summed E-state index contributed by atoms with van der Waals surface area (Å²) in [5.41, 5.74) is 3.75. The number of rotatable bonds is 5. The highest BCUT2D eigenvalue weighted by molar-refractivity contribution is 5.26. The summed E-state index contributed by atoms with van der Waals surface area (Å²) in [7, 11) is 0. The predicted molar refractivity (Wildman–Crippen MR) is 85.9 cm³/mol. The molecule has 1 heterocycles. The third-order valence-corrected chi connectivity index (χ3v) is 4.75. The van der Waals surface area contributed by atoms with Gasteiger partial charge in [0.05, 0.1) is 0 Å². The second-order valence-corrected chi connectivity index (χ2v) is 6.58. The molecule has 1 N–H and O–H groups in total. The Labute approximate surface area is 124 Å². The van der Waals surface area contributed by atoms with Crippen LogP contribution < -0.4 is 5.32 Å². The van der Waals surface area contributed by atoms with E-state index in [0.29, 0.717) is 6.04 Å². The van der Waals surface area contributed by atoms with E-state index < -0.39 is 0 Å². The van der Waals surface area contributed by atoms with Crippen LogP contribution >= 0.6 is 0 Å². The van der Waals surface area contributed by atoms with Crippen molar-refractivity contribution in [3.63, 3.8) is 0 Å². The first-order valence-corrected chi connectivity index (χ1v) is 8.29. The van der Waals surface area contributed by atoms with Crippen LogP contribution in [0.4, 0.5) is 0 Å². The van der Waals surface area contributed by atoms with Gasteiger partial charge in [-0.15, -0.1) is 0 Å². The van der Waals surface area contributed by atoms with Gasteiger partial charge in [0.25, 0.3) is 0 Å². The molecule has 1 aliphatic rings. The molecule has 0 saturated heterocycles. The van der Waals surface area contributed by atoms with Crippen molar-refractivity contribution in [1.29, 1.82) is 0 Å². The molecule has 20 heavy (non-hydrogen) atoms. The summed E-state index contributed by atoms with van der Waals surface area (Å²) in [5.74, 6) is 1.69. The van der Waals surface area contributed by atoms with Crippen molar-refractivity contribution in [1.82, 2.24) is 10.3 Å². The van der Waals surface area contributed by atoms with Crippen LogP contribution in [-0.4, -0.2) is 11.5 Å². The van der Waals surface area contributed by atoms with Crippen molar-refractivity contribution in [2.45, 2.75) is 65.8 Å². The molecule has 1 unspecified atom stereocenters. The van der Waals surface area contributed by atoms with Crippen molar-refractivity contribution in [2.75, 3.05) is 6.54 Å². The first kappa shape index (κ1) is 15.5. The van der Waals surface area contributed by atoms with Crippen LogP contribution in [-0.2, 0) is 0 Å². The quantitative estimate of drug-likeness (QED) is 0.851. The van der Waals surface area contributed by atoms with Crippen molar-refractivity contribution >= 4 is 0 Å². The fourth-order valence-corrected chi connectivity index (χ4v) is 3.48. The number of nitrogens with one attached hydrogen (secondary N) is 1. The van der Waals surface area contributed by atoms with E-state index in [2.05, 4.69) is 50.1 Å². The number of aryl methyl sites for hydroxylation is 2. The largest absolute Gasteiger partial charge is 0.310 e. The summed E-state index contributed by atoms with van der Waals surface area (Å²) in [4.78, 5) is 4.67. The van der Waals surface area contributed by atoms with Gasteiger partial charge in [0.1, 0.15) is 0 Å². The fraction of sp³-hybridized carbons (Fsp3) is 0.722. The summed E-state index contributed by atoms with van der Waals surface area (Å²) >= 11 is 0. The monoisotopic (exact) mass is 274 g/mol. The van der Waals surface area contributed by atoms with Gasteiger partial charge in [0.15, 0.2) is 0 Å². The molecule has 0 aliphatic heterocycles. The average molecular weight is 274 g/mol. The Balaban J connectivity index is 2.17. The maximum Gasteiger partial charge on any atom is 0.0423 e. The number of nitrogens with zero attached hydrogens (tertiary/aromatic N) is 1. The molecule has 2 rings (SSSR count). The van der Waals surface area contributed by atoms with Gasteiger partial charge in [-0.1, -0.05) is 32.8 Å². The van der Waals surface area contributed by atoms with Crippen molar-refractivity contribution in [3.05, 3.63) is 29.1 Å². The van der Waals surface area contributed by atoms with Crippen LogP contribution in [0.2, 0.25) is 0 Å². The Morgan fingerprint density at radius 2 is 1.90 bits per heavy atom. The highest BCUT2D eigenvalue weighted by Gasteiger charge is 2.27. The van der Waals surface area contributed by atoms with Crippen molar-refractivity contribution < 1.29 is 0 Å². The molecule has 1 fully saturated rings. The standard InChI is InChI=1S/C18H30N2/c1-5-12-19-18(16-9-6-13(2)7-10-16)17-11-8-14(3)20-15(17)4/h8,11,13,16,18-19H,5-7,9-10,12H2,1-4H3. The van der Waals surface area contributed by atoms with E-state index in [-0.39, 0.29) is 0 Å². The maximum absolute atomic E-state index is 4.67. The van der Waals surface area contributed by atoms with Crippen molar-refractivity contribution in [3.8, 4) is 0 Å². The minimum absolute atomic E-state index is 0.496. The van der Waals surface area contributed by atoms with Gasteiger partial charge in [-0.2, -0.15) is 0 Å². The van der Waals surface area contributed by atoms with E-state index in [1.165, 1.54) is 43.4 Å². The smallest absolute Gasteiger partial charge is 0.0423 e. The molecule has 0 amide bonds. The van der Waals surface area contributed by atoms with Gasteiger partial charge in [-0.05, 0) is 63.1 Å². The highest BCUT2D eigenvalue weighted by Crippen LogP contribution is 2.37. The topological polar surface area (TPSA) is 24.9 Å². The lowest BCUT2D eigenvalue weighted by molar-refractivity contribution is 0.231. The molecule has 1 aromatic rings. The number of hydrogen-bond donors (Lipinski definition) is 1. The molecule has 2 heteroatoms. The third-order valence-electron chi connectivity index (χ3n) is 4.75. The molecule has 2 nitrogen and oxygen atoms in total. The highest BCUT2D eigenvalue weighted by atomic mass is 14.9. The zero-order chi connectivity index (χ0) is 14.5. The summed E-state index contributed by atoms with van der Waals surface area (Å²) < 4.78 is 0. The summed E-state index contributed by atoms with van der Waals surface area (Å²) in [6, 6.07) is 4.95. The Bertz CT molecular complexity index is 419. The average Bonchev–Trinajstić information content (AvgIpc) is 2.42. The molecular weight excluding hydrogens is 244 g/mol. The van der Waals surface area contributed by atoms with Crippen LogP contribution in [0.1, 0.15) is 68.9 Å². The maximum atomic E-state index is 4.67. The zero-order valence-electron chi connectivity index (χ0n) is 13.6.